The van der Waals surface area contributed by atoms with Gasteiger partial charge in [0.15, 0.2) is 17.2 Å². The second-order valence-electron chi connectivity index (χ2n) is 4.18. The molecule has 1 heterocycles. The number of hydrogen-bond donors (Lipinski definition) is 2. The average molecular weight is 327 g/mol. The van der Waals surface area contributed by atoms with E-state index < -0.39 is 17.7 Å². The second kappa shape index (κ2) is 6.02. The molecule has 0 unspecified atom stereocenters. The van der Waals surface area contributed by atoms with Crippen LogP contribution in [0, 0.1) is 5.82 Å². The van der Waals surface area contributed by atoms with Crippen LogP contribution in [0.3, 0.4) is 0 Å². The Labute approximate surface area is 129 Å². The highest BCUT2D eigenvalue weighted by Crippen LogP contribution is 2.26. The molecule has 0 bridgehead atoms. The molecule has 0 fully saturated rings. The summed E-state index contributed by atoms with van der Waals surface area (Å²) in [6.45, 7) is 1.65. The number of carbonyl (C=O) groups is 2. The number of nitrogen functional groups attached to an aromatic ring is 1. The quantitative estimate of drug-likeness (QED) is 0.827. The fraction of sp³-hybridized carbons (Fsp3) is 0.154. The van der Waals surface area contributed by atoms with Gasteiger partial charge in [-0.05, 0) is 19.1 Å². The first-order valence-corrected chi connectivity index (χ1v) is 6.56. The monoisotopic (exact) mass is 326 g/mol. The molecule has 0 spiro atoms. The van der Waals surface area contributed by atoms with Gasteiger partial charge in [-0.2, -0.15) is 5.10 Å². The predicted octanol–water partition coefficient (Wildman–Crippen LogP) is 1.52. The highest BCUT2D eigenvalue weighted by Gasteiger charge is 2.27. The van der Waals surface area contributed by atoms with Gasteiger partial charge in [0.25, 0.3) is 5.91 Å². The van der Waals surface area contributed by atoms with E-state index in [0.717, 1.165) is 4.68 Å². The number of amides is 1. The highest BCUT2D eigenvalue weighted by atomic mass is 35.5. The molecule has 1 aromatic carbocycles. The third-order valence-electron chi connectivity index (χ3n) is 2.78. The molecule has 0 radical (unpaired) electrons. The van der Waals surface area contributed by atoms with Crippen molar-refractivity contribution in [2.45, 2.75) is 6.92 Å². The first-order chi connectivity index (χ1) is 10.4. The maximum absolute atomic E-state index is 14.2. The number of halogens is 2. The third-order valence-corrected chi connectivity index (χ3v) is 3.08. The van der Waals surface area contributed by atoms with Crippen LogP contribution in [0.25, 0.3) is 5.69 Å². The van der Waals surface area contributed by atoms with E-state index in [9.17, 15) is 14.0 Å². The van der Waals surface area contributed by atoms with Gasteiger partial charge in [-0.3, -0.25) is 4.79 Å². The first-order valence-electron chi connectivity index (χ1n) is 6.18. The summed E-state index contributed by atoms with van der Waals surface area (Å²) in [5, 5.41) is 3.62. The molecule has 9 heteroatoms. The van der Waals surface area contributed by atoms with Gasteiger partial charge in [-0.1, -0.05) is 17.7 Å². The first kappa shape index (κ1) is 15.8. The van der Waals surface area contributed by atoms with Crippen LogP contribution in [0.2, 0.25) is 5.02 Å². The largest absolute Gasteiger partial charge is 0.461 e. The van der Waals surface area contributed by atoms with Gasteiger partial charge in [-0.15, -0.1) is 0 Å². The summed E-state index contributed by atoms with van der Waals surface area (Å²) >= 11 is 5.71. The Morgan fingerprint density at radius 1 is 1.45 bits per heavy atom. The van der Waals surface area contributed by atoms with E-state index in [0.29, 0.717) is 0 Å². The lowest BCUT2D eigenvalue weighted by molar-refractivity contribution is 0.0517. The van der Waals surface area contributed by atoms with Crippen molar-refractivity contribution in [3.05, 3.63) is 40.4 Å². The van der Waals surface area contributed by atoms with Crippen LogP contribution in [-0.4, -0.2) is 28.3 Å². The van der Waals surface area contributed by atoms with Gasteiger partial charge >= 0.3 is 5.97 Å². The number of aromatic nitrogens is 2. The van der Waals surface area contributed by atoms with Gasteiger partial charge in [0.2, 0.25) is 0 Å². The molecule has 0 aliphatic carbocycles. The lowest BCUT2D eigenvalue weighted by atomic mass is 10.2. The van der Waals surface area contributed by atoms with Gasteiger partial charge in [-0.25, -0.2) is 13.9 Å². The van der Waals surface area contributed by atoms with E-state index in [1.54, 1.807) is 6.92 Å². The summed E-state index contributed by atoms with van der Waals surface area (Å²) < 4.78 is 19.9. The van der Waals surface area contributed by atoms with Crippen LogP contribution in [-0.2, 0) is 4.74 Å². The molecule has 116 valence electrons. The summed E-state index contributed by atoms with van der Waals surface area (Å²) in [6.07, 6.45) is 0. The summed E-state index contributed by atoms with van der Waals surface area (Å²) in [5.41, 5.74) is 9.77. The summed E-state index contributed by atoms with van der Waals surface area (Å²) in [4.78, 5) is 23.4. The summed E-state index contributed by atoms with van der Waals surface area (Å²) in [7, 11) is 0. The van der Waals surface area contributed by atoms with Crippen molar-refractivity contribution in [1.29, 1.82) is 0 Å². The number of benzene rings is 1. The Kier molecular flexibility index (Phi) is 4.32. The molecule has 1 amide bonds. The van der Waals surface area contributed by atoms with E-state index >= 15 is 0 Å². The average Bonchev–Trinajstić information content (AvgIpc) is 2.80. The topological polar surface area (TPSA) is 113 Å². The van der Waals surface area contributed by atoms with Gasteiger partial charge in [0, 0.05) is 0 Å². The van der Waals surface area contributed by atoms with E-state index in [4.69, 9.17) is 27.8 Å². The minimum absolute atomic E-state index is 0.0629. The molecule has 0 saturated heterocycles. The van der Waals surface area contributed by atoms with Crippen molar-refractivity contribution in [3.63, 3.8) is 0 Å². The van der Waals surface area contributed by atoms with Crippen LogP contribution in [0.4, 0.5) is 10.1 Å². The Morgan fingerprint density at radius 3 is 2.73 bits per heavy atom. The molecule has 0 aliphatic heterocycles. The number of carbonyl (C=O) groups excluding carboxylic acids is 2. The number of ether oxygens (including phenoxy) is 1. The summed E-state index contributed by atoms with van der Waals surface area (Å²) in [5.74, 6) is -2.64. The number of rotatable bonds is 4. The zero-order valence-corrected chi connectivity index (χ0v) is 12.2. The van der Waals surface area contributed by atoms with Crippen molar-refractivity contribution >= 4 is 29.2 Å². The second-order valence-corrected chi connectivity index (χ2v) is 4.59. The predicted molar refractivity (Wildman–Crippen MR) is 77.4 cm³/mol. The van der Waals surface area contributed by atoms with Gasteiger partial charge in [0.1, 0.15) is 5.69 Å². The molecule has 0 aliphatic rings. The molecule has 0 saturated carbocycles. The molecular formula is C13H12ClFN4O3. The van der Waals surface area contributed by atoms with Crippen LogP contribution in [0.15, 0.2) is 18.2 Å². The number of anilines is 1. The van der Waals surface area contributed by atoms with Crippen molar-refractivity contribution < 1.29 is 18.7 Å². The Hall–Kier alpha value is -2.61. The third kappa shape index (κ3) is 2.60. The maximum Gasteiger partial charge on any atom is 0.359 e. The molecule has 7 nitrogen and oxygen atoms in total. The fourth-order valence-corrected chi connectivity index (χ4v) is 2.01. The lowest BCUT2D eigenvalue weighted by Crippen LogP contribution is -2.14. The van der Waals surface area contributed by atoms with Crippen LogP contribution < -0.4 is 11.5 Å². The Morgan fingerprint density at radius 2 is 2.14 bits per heavy atom. The van der Waals surface area contributed by atoms with E-state index in [-0.39, 0.29) is 34.4 Å². The minimum atomic E-state index is -0.954. The SMILES string of the molecule is CCOC(=O)c1c(N)c(C(N)=O)nn1-c1cccc(Cl)c1F. The Balaban J connectivity index is 2.74. The van der Waals surface area contributed by atoms with Crippen molar-refractivity contribution in [1.82, 2.24) is 9.78 Å². The minimum Gasteiger partial charge on any atom is -0.461 e. The van der Waals surface area contributed by atoms with Gasteiger partial charge < -0.3 is 16.2 Å². The number of nitrogens with zero attached hydrogens (tertiary/aromatic N) is 2. The molecule has 22 heavy (non-hydrogen) atoms. The zero-order chi connectivity index (χ0) is 16.4. The molecule has 2 aromatic rings. The van der Waals surface area contributed by atoms with E-state index in [2.05, 4.69) is 5.10 Å². The number of esters is 1. The number of nitrogens with two attached hydrogens (primary N) is 2. The molecule has 1 aromatic heterocycles. The van der Waals surface area contributed by atoms with Crippen LogP contribution in [0.5, 0.6) is 0 Å². The molecular weight excluding hydrogens is 315 g/mol. The molecule has 0 atom stereocenters. The van der Waals surface area contributed by atoms with Crippen LogP contribution in [0.1, 0.15) is 27.9 Å². The number of hydrogen-bond acceptors (Lipinski definition) is 5. The van der Waals surface area contributed by atoms with Crippen molar-refractivity contribution in [3.8, 4) is 5.69 Å². The summed E-state index contributed by atoms with van der Waals surface area (Å²) in [6, 6.07) is 4.10. The normalized spacial score (nSPS) is 10.5. The molecule has 2 rings (SSSR count). The smallest absolute Gasteiger partial charge is 0.359 e. The Bertz CT molecular complexity index is 760. The molecule has 4 N–H and O–H groups in total. The van der Waals surface area contributed by atoms with E-state index in [1.165, 1.54) is 18.2 Å². The van der Waals surface area contributed by atoms with E-state index in [1.807, 2.05) is 0 Å². The lowest BCUT2D eigenvalue weighted by Gasteiger charge is -2.09. The fourth-order valence-electron chi connectivity index (χ4n) is 1.84. The standard InChI is InChI=1S/C13H12ClFN4O3/c1-2-22-13(21)11-9(16)10(12(17)20)18-19(11)7-5-3-4-6(14)8(7)15/h3-5H,2,16H2,1H3,(H2,17,20). The number of primary amides is 1. The van der Waals surface area contributed by atoms with Crippen LogP contribution >= 0.6 is 11.6 Å². The van der Waals surface area contributed by atoms with Crippen molar-refractivity contribution in [2.24, 2.45) is 5.73 Å². The maximum atomic E-state index is 14.2. The van der Waals surface area contributed by atoms with Gasteiger partial charge in [0.05, 0.1) is 17.3 Å². The zero-order valence-electron chi connectivity index (χ0n) is 11.5. The highest BCUT2D eigenvalue weighted by molar-refractivity contribution is 6.30. The van der Waals surface area contributed by atoms with Crippen molar-refractivity contribution in [2.75, 3.05) is 12.3 Å².